The third-order valence-corrected chi connectivity index (χ3v) is 4.63. The van der Waals surface area contributed by atoms with Gasteiger partial charge in [0.1, 0.15) is 0 Å². The molecule has 0 bridgehead atoms. The number of hydrogen-bond acceptors (Lipinski definition) is 2. The molecule has 1 unspecified atom stereocenters. The molecule has 21 heavy (non-hydrogen) atoms. The molecule has 1 rings (SSSR count). The van der Waals surface area contributed by atoms with Crippen molar-refractivity contribution in [1.29, 1.82) is 0 Å². The second-order valence-electron chi connectivity index (χ2n) is 4.97. The van der Waals surface area contributed by atoms with Crippen molar-refractivity contribution < 1.29 is 12.5 Å². The molecule has 1 N–H and O–H groups in total. The lowest BCUT2D eigenvalue weighted by Gasteiger charge is -2.14. The summed E-state index contributed by atoms with van der Waals surface area (Å²) in [6.07, 6.45) is 7.81. The molecule has 0 aliphatic carbocycles. The minimum Gasteiger partial charge on any atom is -0.211 e. The predicted molar refractivity (Wildman–Crippen MR) is 88.7 cm³/mol. The fourth-order valence-corrected chi connectivity index (χ4v) is 3.00. The zero-order valence-electron chi connectivity index (χ0n) is 15.5. The fraction of sp³-hybridized carbons (Fsp3) is 0.412. The molecule has 0 aromatic heterocycles. The lowest BCUT2D eigenvalue weighted by atomic mass is 10.0. The Labute approximate surface area is 133 Å². The first-order valence-corrected chi connectivity index (χ1v) is 8.47. The van der Waals surface area contributed by atoms with Gasteiger partial charge in [-0.25, -0.2) is 13.1 Å². The van der Waals surface area contributed by atoms with Crippen LogP contribution >= 0.6 is 0 Å². The van der Waals surface area contributed by atoms with Crippen LogP contribution < -0.4 is 4.72 Å². The van der Waals surface area contributed by atoms with Gasteiger partial charge in [-0.2, -0.15) is 0 Å². The van der Waals surface area contributed by atoms with Crippen LogP contribution in [0.25, 0.3) is 0 Å². The van der Waals surface area contributed by atoms with E-state index < -0.39 is 16.9 Å². The standard InChI is InChI=1S/C17H25NO2S/c1-4-6-8-16(9-7-5-2)14-18-21(19,20)17-12-10-15(3)11-13-17/h4-7,10-13,16,18H,8-9,14H2,1-3H3/b6-4-,7-5-/i1D3. The summed E-state index contributed by atoms with van der Waals surface area (Å²) in [6.45, 7) is 1.94. The molecule has 0 saturated heterocycles. The average Bonchev–Trinajstić information content (AvgIpc) is 2.48. The number of nitrogens with one attached hydrogen (secondary N) is 1. The van der Waals surface area contributed by atoms with E-state index >= 15 is 0 Å². The average molecular weight is 310 g/mol. The predicted octanol–water partition coefficient (Wildman–Crippen LogP) is 3.82. The maximum absolute atomic E-state index is 12.3. The van der Waals surface area contributed by atoms with E-state index in [1.54, 1.807) is 30.3 Å². The molecular weight excluding hydrogens is 282 g/mol. The molecule has 0 aliphatic heterocycles. The molecule has 0 fully saturated rings. The molecule has 0 saturated carbocycles. The maximum atomic E-state index is 12.3. The summed E-state index contributed by atoms with van der Waals surface area (Å²) in [4.78, 5) is 0.232. The Kier molecular flexibility index (Phi) is 5.57. The number of aryl methyl sites for hydroxylation is 1. The Bertz CT molecular complexity index is 662. The van der Waals surface area contributed by atoms with Crippen LogP contribution in [0.3, 0.4) is 0 Å². The van der Waals surface area contributed by atoms with E-state index in [2.05, 4.69) is 4.72 Å². The van der Waals surface area contributed by atoms with Gasteiger partial charge in [-0.3, -0.25) is 0 Å². The van der Waals surface area contributed by atoms with Crippen LogP contribution in [-0.2, 0) is 10.0 Å². The molecule has 3 nitrogen and oxygen atoms in total. The van der Waals surface area contributed by atoms with Crippen molar-refractivity contribution in [3.05, 3.63) is 54.1 Å². The highest BCUT2D eigenvalue weighted by atomic mass is 32.2. The molecule has 0 amide bonds. The van der Waals surface area contributed by atoms with E-state index in [-0.39, 0.29) is 17.4 Å². The smallest absolute Gasteiger partial charge is 0.211 e. The number of rotatable bonds is 8. The molecule has 0 heterocycles. The topological polar surface area (TPSA) is 46.2 Å². The van der Waals surface area contributed by atoms with Gasteiger partial charge in [0.25, 0.3) is 0 Å². The zero-order chi connectivity index (χ0) is 18.2. The summed E-state index contributed by atoms with van der Waals surface area (Å²) < 4.78 is 48.7. The fourth-order valence-electron chi connectivity index (χ4n) is 1.88. The van der Waals surface area contributed by atoms with Gasteiger partial charge in [0.15, 0.2) is 0 Å². The Morgan fingerprint density at radius 1 is 1.19 bits per heavy atom. The van der Waals surface area contributed by atoms with Gasteiger partial charge in [0.05, 0.1) is 4.90 Å². The van der Waals surface area contributed by atoms with Gasteiger partial charge in [0, 0.05) is 10.7 Å². The van der Waals surface area contributed by atoms with E-state index in [0.717, 1.165) is 5.56 Å². The summed E-state index contributed by atoms with van der Waals surface area (Å²) >= 11 is 0. The van der Waals surface area contributed by atoms with Crippen molar-refractivity contribution in [3.8, 4) is 0 Å². The molecule has 1 aromatic carbocycles. The van der Waals surface area contributed by atoms with Crippen molar-refractivity contribution in [3.63, 3.8) is 0 Å². The van der Waals surface area contributed by atoms with Crippen LogP contribution in [0.2, 0.25) is 0 Å². The van der Waals surface area contributed by atoms with Gasteiger partial charge < -0.3 is 0 Å². The third kappa shape index (κ3) is 6.27. The van der Waals surface area contributed by atoms with Crippen LogP contribution in [-0.4, -0.2) is 15.0 Å². The maximum Gasteiger partial charge on any atom is 0.240 e. The van der Waals surface area contributed by atoms with Gasteiger partial charge in [-0.15, -0.1) is 0 Å². The third-order valence-electron chi connectivity index (χ3n) is 3.19. The molecule has 1 aromatic rings. The quantitative estimate of drug-likeness (QED) is 0.742. The Balaban J connectivity index is 2.72. The molecule has 0 spiro atoms. The van der Waals surface area contributed by atoms with Gasteiger partial charge in [0.2, 0.25) is 10.0 Å². The highest BCUT2D eigenvalue weighted by Crippen LogP contribution is 2.13. The number of benzene rings is 1. The number of allylic oxidation sites excluding steroid dienone is 4. The molecule has 0 radical (unpaired) electrons. The second-order valence-corrected chi connectivity index (χ2v) is 6.74. The summed E-state index contributed by atoms with van der Waals surface area (Å²) in [7, 11) is -3.56. The largest absolute Gasteiger partial charge is 0.240 e. The lowest BCUT2D eigenvalue weighted by molar-refractivity contribution is 0.515. The van der Waals surface area contributed by atoms with E-state index in [1.165, 1.54) is 6.08 Å². The normalized spacial score (nSPS) is 16.8. The summed E-state index contributed by atoms with van der Waals surface area (Å²) in [6, 6.07) is 6.66. The summed E-state index contributed by atoms with van der Waals surface area (Å²) in [5.74, 6) is 0.0000216. The van der Waals surface area contributed by atoms with Crippen molar-refractivity contribution in [2.75, 3.05) is 6.54 Å². The van der Waals surface area contributed by atoms with E-state index in [4.69, 9.17) is 4.11 Å². The van der Waals surface area contributed by atoms with Crippen LogP contribution in [0, 0.1) is 12.8 Å². The lowest BCUT2D eigenvalue weighted by Crippen LogP contribution is -2.29. The zero-order valence-corrected chi connectivity index (χ0v) is 13.4. The van der Waals surface area contributed by atoms with Crippen molar-refractivity contribution in [1.82, 2.24) is 4.72 Å². The van der Waals surface area contributed by atoms with Gasteiger partial charge >= 0.3 is 0 Å². The molecule has 0 aliphatic rings. The first-order chi connectivity index (χ1) is 11.1. The molecule has 4 heteroatoms. The Morgan fingerprint density at radius 2 is 1.81 bits per heavy atom. The summed E-state index contributed by atoms with van der Waals surface area (Å²) in [5, 5.41) is 0. The molecule has 1 atom stereocenters. The summed E-state index contributed by atoms with van der Waals surface area (Å²) in [5.41, 5.74) is 0.995. The number of sulfonamides is 1. The van der Waals surface area contributed by atoms with Crippen LogP contribution in [0.5, 0.6) is 0 Å². The van der Waals surface area contributed by atoms with Gasteiger partial charge in [-0.1, -0.05) is 42.0 Å². The highest BCUT2D eigenvalue weighted by molar-refractivity contribution is 7.89. The Hall–Kier alpha value is -1.39. The van der Waals surface area contributed by atoms with E-state index in [0.29, 0.717) is 12.8 Å². The second kappa shape index (κ2) is 8.80. The van der Waals surface area contributed by atoms with Gasteiger partial charge in [-0.05, 0) is 51.6 Å². The SMILES string of the molecule is [2H]C([2H])([2H])/C=C\CC(C/C=C\C)CNS(=O)(=O)c1ccc(C)cc1. The van der Waals surface area contributed by atoms with Crippen LogP contribution in [0.15, 0.2) is 53.5 Å². The van der Waals surface area contributed by atoms with E-state index in [9.17, 15) is 8.42 Å². The number of hydrogen-bond donors (Lipinski definition) is 1. The van der Waals surface area contributed by atoms with E-state index in [1.807, 2.05) is 26.0 Å². The van der Waals surface area contributed by atoms with Crippen molar-refractivity contribution in [2.45, 2.75) is 38.4 Å². The van der Waals surface area contributed by atoms with Crippen molar-refractivity contribution in [2.24, 2.45) is 5.92 Å². The highest BCUT2D eigenvalue weighted by Gasteiger charge is 2.15. The van der Waals surface area contributed by atoms with Crippen LogP contribution in [0.1, 0.15) is 36.3 Å². The van der Waals surface area contributed by atoms with Crippen molar-refractivity contribution >= 4 is 10.0 Å². The first-order valence-electron chi connectivity index (χ1n) is 8.49. The first kappa shape index (κ1) is 13.3. The monoisotopic (exact) mass is 310 g/mol. The molecule has 116 valence electrons. The van der Waals surface area contributed by atoms with Crippen LogP contribution in [0.4, 0.5) is 0 Å². The minimum atomic E-state index is -3.56. The minimum absolute atomic E-state index is 0.0000216. The Morgan fingerprint density at radius 3 is 2.38 bits per heavy atom. The molecular formula is C17H25NO2S.